The summed E-state index contributed by atoms with van der Waals surface area (Å²) in [6.45, 7) is 0. The van der Waals surface area contributed by atoms with Gasteiger partial charge < -0.3 is 42.6 Å². The predicted molar refractivity (Wildman–Crippen MR) is 84.0 cm³/mol. The van der Waals surface area contributed by atoms with E-state index in [1.807, 2.05) is 0 Å². The van der Waals surface area contributed by atoms with Gasteiger partial charge in [0.25, 0.3) is 0 Å². The maximum absolute atomic E-state index is 10.2. The molecule has 10 N–H and O–H groups in total. The number of rotatable bonds is 4. The first-order valence-corrected chi connectivity index (χ1v) is 8.58. The minimum atomic E-state index is -1.15. The van der Waals surface area contributed by atoms with Gasteiger partial charge in [-0.3, -0.25) is 0 Å². The Morgan fingerprint density at radius 2 is 1.61 bits per heavy atom. The quantitative estimate of drug-likeness (QED) is 0.336. The zero-order chi connectivity index (χ0) is 16.7. The SMILES string of the molecule is N[C@@H]1C[C@H](N)C(O[C@H]2O[C@H]([C@@H](N)C3CC3)CC[C@@H]2N)[C@H](O)[C@H]1O. The molecule has 3 aliphatic rings. The largest absolute Gasteiger partial charge is 0.389 e. The van der Waals surface area contributed by atoms with Gasteiger partial charge in [0, 0.05) is 18.1 Å². The normalized spacial score (nSPS) is 49.8. The van der Waals surface area contributed by atoms with Gasteiger partial charge in [-0.2, -0.15) is 0 Å². The van der Waals surface area contributed by atoms with E-state index in [9.17, 15) is 10.2 Å². The zero-order valence-electron chi connectivity index (χ0n) is 13.3. The van der Waals surface area contributed by atoms with E-state index in [-0.39, 0.29) is 18.2 Å². The van der Waals surface area contributed by atoms with Gasteiger partial charge >= 0.3 is 0 Å². The Hall–Kier alpha value is -0.320. The fourth-order valence-corrected chi connectivity index (χ4v) is 3.66. The van der Waals surface area contributed by atoms with E-state index in [2.05, 4.69) is 0 Å². The molecule has 2 aliphatic carbocycles. The van der Waals surface area contributed by atoms with Crippen molar-refractivity contribution in [2.75, 3.05) is 0 Å². The number of hydrogen-bond donors (Lipinski definition) is 6. The third-order valence-electron chi connectivity index (χ3n) is 5.42. The van der Waals surface area contributed by atoms with Gasteiger partial charge in [-0.1, -0.05) is 0 Å². The van der Waals surface area contributed by atoms with Crippen LogP contribution in [0.4, 0.5) is 0 Å². The fraction of sp³-hybridized carbons (Fsp3) is 1.00. The molecule has 3 rings (SSSR count). The van der Waals surface area contributed by atoms with E-state index in [0.717, 1.165) is 25.7 Å². The number of aliphatic hydroxyl groups excluding tert-OH is 2. The summed E-state index contributed by atoms with van der Waals surface area (Å²) < 4.78 is 11.8. The van der Waals surface area contributed by atoms with Crippen LogP contribution in [0, 0.1) is 5.92 Å². The van der Waals surface area contributed by atoms with Gasteiger partial charge in [0.1, 0.15) is 12.2 Å². The van der Waals surface area contributed by atoms with Crippen LogP contribution >= 0.6 is 0 Å². The number of nitrogens with two attached hydrogens (primary N) is 4. The summed E-state index contributed by atoms with van der Waals surface area (Å²) in [6, 6.07) is -1.34. The highest BCUT2D eigenvalue weighted by molar-refractivity contribution is 4.98. The number of hydrogen-bond acceptors (Lipinski definition) is 8. The monoisotopic (exact) mass is 330 g/mol. The van der Waals surface area contributed by atoms with E-state index in [1.54, 1.807) is 0 Å². The molecule has 0 bridgehead atoms. The van der Waals surface area contributed by atoms with Crippen molar-refractivity contribution in [3.8, 4) is 0 Å². The molecule has 1 heterocycles. The van der Waals surface area contributed by atoms with Gasteiger partial charge in [-0.25, -0.2) is 0 Å². The molecule has 0 amide bonds. The summed E-state index contributed by atoms with van der Waals surface area (Å²) >= 11 is 0. The van der Waals surface area contributed by atoms with Crippen LogP contribution in [-0.4, -0.2) is 65.1 Å². The summed E-state index contributed by atoms with van der Waals surface area (Å²) in [5.41, 5.74) is 24.1. The van der Waals surface area contributed by atoms with E-state index < -0.39 is 36.7 Å². The second-order valence-corrected chi connectivity index (χ2v) is 7.34. The van der Waals surface area contributed by atoms with Crippen LogP contribution < -0.4 is 22.9 Å². The number of ether oxygens (including phenoxy) is 2. The lowest BCUT2D eigenvalue weighted by Crippen LogP contribution is -2.64. The van der Waals surface area contributed by atoms with Crippen molar-refractivity contribution in [1.29, 1.82) is 0 Å². The van der Waals surface area contributed by atoms with Crippen molar-refractivity contribution in [1.82, 2.24) is 0 Å². The Morgan fingerprint density at radius 3 is 2.26 bits per heavy atom. The molecule has 0 aromatic rings. The molecule has 8 heteroatoms. The molecule has 0 aromatic carbocycles. The molecule has 0 aromatic heterocycles. The summed E-state index contributed by atoms with van der Waals surface area (Å²) in [4.78, 5) is 0. The molecule has 1 saturated heterocycles. The lowest BCUT2D eigenvalue weighted by Gasteiger charge is -2.44. The highest BCUT2D eigenvalue weighted by Crippen LogP contribution is 2.36. The van der Waals surface area contributed by atoms with Crippen molar-refractivity contribution in [3.05, 3.63) is 0 Å². The minimum Gasteiger partial charge on any atom is -0.389 e. The van der Waals surface area contributed by atoms with Gasteiger partial charge in [-0.15, -0.1) is 0 Å². The smallest absolute Gasteiger partial charge is 0.173 e. The van der Waals surface area contributed by atoms with Crippen LogP contribution in [0.5, 0.6) is 0 Å². The molecule has 1 aliphatic heterocycles. The summed E-state index contributed by atoms with van der Waals surface area (Å²) in [5, 5.41) is 20.2. The highest BCUT2D eigenvalue weighted by atomic mass is 16.7. The maximum Gasteiger partial charge on any atom is 0.173 e. The maximum atomic E-state index is 10.2. The molecular formula is C15H30N4O4. The molecular weight excluding hydrogens is 300 g/mol. The summed E-state index contributed by atoms with van der Waals surface area (Å²) in [6.07, 6.45) is 0.492. The Balaban J connectivity index is 1.62. The zero-order valence-corrected chi connectivity index (χ0v) is 13.3. The van der Waals surface area contributed by atoms with Crippen LogP contribution in [0.1, 0.15) is 32.1 Å². The molecule has 134 valence electrons. The first-order valence-electron chi connectivity index (χ1n) is 8.58. The second-order valence-electron chi connectivity index (χ2n) is 7.34. The molecule has 23 heavy (non-hydrogen) atoms. The molecule has 2 saturated carbocycles. The van der Waals surface area contributed by atoms with Crippen LogP contribution in [0.3, 0.4) is 0 Å². The highest BCUT2D eigenvalue weighted by Gasteiger charge is 2.45. The van der Waals surface area contributed by atoms with Crippen molar-refractivity contribution < 1.29 is 19.7 Å². The van der Waals surface area contributed by atoms with Crippen LogP contribution in [0.15, 0.2) is 0 Å². The molecule has 1 unspecified atom stereocenters. The van der Waals surface area contributed by atoms with Crippen molar-refractivity contribution in [2.24, 2.45) is 28.9 Å². The van der Waals surface area contributed by atoms with Gasteiger partial charge in [0.15, 0.2) is 6.29 Å². The van der Waals surface area contributed by atoms with Crippen LogP contribution in [0.25, 0.3) is 0 Å². The van der Waals surface area contributed by atoms with E-state index >= 15 is 0 Å². The van der Waals surface area contributed by atoms with Gasteiger partial charge in [0.2, 0.25) is 0 Å². The Bertz CT molecular complexity index is 411. The van der Waals surface area contributed by atoms with E-state index in [1.165, 1.54) is 0 Å². The average Bonchev–Trinajstić information content (AvgIpc) is 3.35. The van der Waals surface area contributed by atoms with Crippen molar-refractivity contribution in [3.63, 3.8) is 0 Å². The lowest BCUT2D eigenvalue weighted by molar-refractivity contribution is -0.256. The molecule has 0 spiro atoms. The number of aliphatic hydroxyl groups is 2. The lowest BCUT2D eigenvalue weighted by atomic mass is 9.84. The first kappa shape index (κ1) is 17.5. The van der Waals surface area contributed by atoms with Gasteiger partial charge in [-0.05, 0) is 38.0 Å². The molecule has 0 radical (unpaired) electrons. The standard InChI is InChI=1S/C15H30N4O4/c16-7-3-4-10(11(19)6-1-2-6)22-15(7)23-14-9(18)5-8(17)12(20)13(14)21/h6-15,20-21H,1-5,16-19H2/t7-,8+,9-,10-,11-,12-,13+,14?,15+/m0/s1. The van der Waals surface area contributed by atoms with E-state index in [4.69, 9.17) is 32.4 Å². The summed E-state index contributed by atoms with van der Waals surface area (Å²) in [7, 11) is 0. The Labute approximate surface area is 136 Å². The Morgan fingerprint density at radius 1 is 0.913 bits per heavy atom. The van der Waals surface area contributed by atoms with Crippen LogP contribution in [0.2, 0.25) is 0 Å². The minimum absolute atomic E-state index is 0.00225. The van der Waals surface area contributed by atoms with Crippen molar-refractivity contribution >= 4 is 0 Å². The predicted octanol–water partition coefficient (Wildman–Crippen LogP) is -2.28. The third-order valence-corrected chi connectivity index (χ3v) is 5.42. The third kappa shape index (κ3) is 3.69. The van der Waals surface area contributed by atoms with E-state index in [0.29, 0.717) is 12.3 Å². The summed E-state index contributed by atoms with van der Waals surface area (Å²) in [5.74, 6) is 0.525. The first-order chi connectivity index (χ1) is 10.9. The fourth-order valence-electron chi connectivity index (χ4n) is 3.66. The van der Waals surface area contributed by atoms with Gasteiger partial charge in [0.05, 0.1) is 18.2 Å². The Kier molecular flexibility index (Phi) is 5.24. The molecule has 3 fully saturated rings. The molecule has 9 atom stereocenters. The van der Waals surface area contributed by atoms with Crippen LogP contribution in [-0.2, 0) is 9.47 Å². The van der Waals surface area contributed by atoms with Crippen molar-refractivity contribution in [2.45, 2.75) is 87.0 Å². The topological polar surface area (TPSA) is 163 Å². The molecule has 8 nitrogen and oxygen atoms in total. The second kappa shape index (κ2) is 6.89. The average molecular weight is 330 g/mol.